The van der Waals surface area contributed by atoms with Crippen molar-refractivity contribution < 1.29 is 20.4 Å². The fraction of sp³-hybridized carbons (Fsp3) is 0.571. The average Bonchev–Trinajstić information content (AvgIpc) is 2.34. The summed E-state index contributed by atoms with van der Waals surface area (Å²) in [6, 6.07) is 0. The SMILES string of the molecule is Cc1c(C)c(O)c(CC[C@@](C)(O)CO)c(C)c1O. The van der Waals surface area contributed by atoms with Gasteiger partial charge in [0.1, 0.15) is 11.5 Å². The maximum Gasteiger partial charge on any atom is 0.122 e. The van der Waals surface area contributed by atoms with Gasteiger partial charge in [-0.1, -0.05) is 0 Å². The minimum absolute atomic E-state index is 0.163. The second-order valence-electron chi connectivity index (χ2n) is 5.21. The van der Waals surface area contributed by atoms with Crippen LogP contribution in [0.15, 0.2) is 0 Å². The third-order valence-corrected chi connectivity index (χ3v) is 3.62. The summed E-state index contributed by atoms with van der Waals surface area (Å²) >= 11 is 0. The lowest BCUT2D eigenvalue weighted by atomic mass is 9.91. The smallest absolute Gasteiger partial charge is 0.122 e. The zero-order valence-corrected chi connectivity index (χ0v) is 11.4. The lowest BCUT2D eigenvalue weighted by molar-refractivity contribution is -0.00485. The van der Waals surface area contributed by atoms with Crippen LogP contribution in [0.1, 0.15) is 35.6 Å². The first-order valence-electron chi connectivity index (χ1n) is 6.05. The highest BCUT2D eigenvalue weighted by Gasteiger charge is 2.22. The van der Waals surface area contributed by atoms with E-state index in [1.54, 1.807) is 27.7 Å². The van der Waals surface area contributed by atoms with Crippen molar-refractivity contribution >= 4 is 0 Å². The first-order valence-corrected chi connectivity index (χ1v) is 6.05. The Bertz CT molecular complexity index is 421. The quantitative estimate of drug-likeness (QED) is 0.616. The van der Waals surface area contributed by atoms with Gasteiger partial charge in [-0.25, -0.2) is 0 Å². The van der Waals surface area contributed by atoms with Gasteiger partial charge < -0.3 is 20.4 Å². The molecule has 0 aliphatic heterocycles. The van der Waals surface area contributed by atoms with E-state index in [2.05, 4.69) is 0 Å². The molecule has 0 spiro atoms. The molecule has 0 heterocycles. The molecule has 0 aliphatic rings. The van der Waals surface area contributed by atoms with Crippen LogP contribution in [-0.2, 0) is 6.42 Å². The minimum Gasteiger partial charge on any atom is -0.507 e. The molecule has 0 saturated heterocycles. The Morgan fingerprint density at radius 2 is 1.44 bits per heavy atom. The maximum absolute atomic E-state index is 10.1. The molecular formula is C14H22O4. The Labute approximate surface area is 108 Å². The summed E-state index contributed by atoms with van der Waals surface area (Å²) in [6.45, 7) is 6.46. The molecule has 0 fully saturated rings. The van der Waals surface area contributed by atoms with Crippen molar-refractivity contribution in [1.29, 1.82) is 0 Å². The molecule has 0 unspecified atom stereocenters. The van der Waals surface area contributed by atoms with Crippen molar-refractivity contribution in [2.75, 3.05) is 6.61 Å². The second kappa shape index (κ2) is 5.16. The summed E-state index contributed by atoms with van der Waals surface area (Å²) in [5, 5.41) is 38.8. The van der Waals surface area contributed by atoms with Crippen molar-refractivity contribution in [1.82, 2.24) is 0 Å². The molecule has 4 N–H and O–H groups in total. The normalized spacial score (nSPS) is 14.6. The van der Waals surface area contributed by atoms with E-state index in [0.717, 1.165) is 0 Å². The van der Waals surface area contributed by atoms with Gasteiger partial charge in [-0.15, -0.1) is 0 Å². The van der Waals surface area contributed by atoms with Gasteiger partial charge in [-0.3, -0.25) is 0 Å². The van der Waals surface area contributed by atoms with E-state index in [1.807, 2.05) is 0 Å². The highest BCUT2D eigenvalue weighted by molar-refractivity contribution is 5.56. The molecule has 0 aromatic heterocycles. The van der Waals surface area contributed by atoms with Crippen LogP contribution < -0.4 is 0 Å². The van der Waals surface area contributed by atoms with Gasteiger partial charge in [0.25, 0.3) is 0 Å². The van der Waals surface area contributed by atoms with Crippen molar-refractivity contribution in [3.05, 3.63) is 22.3 Å². The van der Waals surface area contributed by atoms with Crippen LogP contribution in [0.4, 0.5) is 0 Å². The Morgan fingerprint density at radius 3 is 1.94 bits per heavy atom. The van der Waals surface area contributed by atoms with Crippen LogP contribution >= 0.6 is 0 Å². The molecule has 4 nitrogen and oxygen atoms in total. The number of phenolic OH excluding ortho intramolecular Hbond substituents is 2. The molecule has 0 bridgehead atoms. The summed E-state index contributed by atoms with van der Waals surface area (Å²) < 4.78 is 0. The van der Waals surface area contributed by atoms with E-state index in [4.69, 9.17) is 5.11 Å². The summed E-state index contributed by atoms with van der Waals surface area (Å²) in [5.41, 5.74) is 1.40. The van der Waals surface area contributed by atoms with E-state index in [-0.39, 0.29) is 18.1 Å². The molecule has 0 aliphatic carbocycles. The predicted octanol–water partition coefficient (Wildman–Crippen LogP) is 1.70. The molecule has 1 aromatic rings. The van der Waals surface area contributed by atoms with Crippen LogP contribution in [-0.4, -0.2) is 32.6 Å². The molecule has 1 rings (SSSR count). The van der Waals surface area contributed by atoms with Gasteiger partial charge >= 0.3 is 0 Å². The summed E-state index contributed by atoms with van der Waals surface area (Å²) in [6.07, 6.45) is 0.722. The number of benzene rings is 1. The lowest BCUT2D eigenvalue weighted by Crippen LogP contribution is -2.29. The third-order valence-electron chi connectivity index (χ3n) is 3.62. The topological polar surface area (TPSA) is 80.9 Å². The third kappa shape index (κ3) is 2.76. The van der Waals surface area contributed by atoms with Crippen molar-refractivity contribution in [3.63, 3.8) is 0 Å². The van der Waals surface area contributed by atoms with Crippen molar-refractivity contribution in [3.8, 4) is 11.5 Å². The highest BCUT2D eigenvalue weighted by Crippen LogP contribution is 2.37. The number of phenols is 2. The average molecular weight is 254 g/mol. The van der Waals surface area contributed by atoms with Gasteiger partial charge in [-0.2, -0.15) is 0 Å². The van der Waals surface area contributed by atoms with E-state index >= 15 is 0 Å². The maximum atomic E-state index is 10.1. The summed E-state index contributed by atoms with van der Waals surface area (Å²) in [7, 11) is 0. The lowest BCUT2D eigenvalue weighted by Gasteiger charge is -2.22. The number of hydrogen-bond acceptors (Lipinski definition) is 4. The summed E-state index contributed by atoms with van der Waals surface area (Å²) in [5.74, 6) is 0.348. The second-order valence-corrected chi connectivity index (χ2v) is 5.21. The van der Waals surface area contributed by atoms with Gasteiger partial charge in [-0.05, 0) is 57.2 Å². The van der Waals surface area contributed by atoms with E-state index in [9.17, 15) is 15.3 Å². The van der Waals surface area contributed by atoms with Gasteiger partial charge in [0, 0.05) is 5.56 Å². The molecule has 0 radical (unpaired) electrons. The number of hydrogen-bond donors (Lipinski definition) is 4. The molecule has 0 saturated carbocycles. The van der Waals surface area contributed by atoms with E-state index < -0.39 is 5.60 Å². The highest BCUT2D eigenvalue weighted by atomic mass is 16.3. The first-order chi connectivity index (χ1) is 8.21. The fourth-order valence-corrected chi connectivity index (χ4v) is 1.96. The van der Waals surface area contributed by atoms with Crippen LogP contribution in [0.3, 0.4) is 0 Å². The van der Waals surface area contributed by atoms with Gasteiger partial charge in [0.15, 0.2) is 0 Å². The Morgan fingerprint density at radius 1 is 0.944 bits per heavy atom. The van der Waals surface area contributed by atoms with E-state index in [0.29, 0.717) is 35.1 Å². The minimum atomic E-state index is -1.17. The Hall–Kier alpha value is -1.26. The number of aromatic hydroxyl groups is 2. The molecule has 0 amide bonds. The molecule has 18 heavy (non-hydrogen) atoms. The standard InChI is InChI=1S/C14H22O4/c1-8-9(2)13(17)11(10(3)12(8)16)5-6-14(4,18)7-15/h15-18H,5-7H2,1-4H3/t14-/m1/s1. The van der Waals surface area contributed by atoms with Crippen molar-refractivity contribution in [2.45, 2.75) is 46.1 Å². The van der Waals surface area contributed by atoms with Crippen LogP contribution in [0.5, 0.6) is 11.5 Å². The Balaban J connectivity index is 3.11. The molecule has 1 atom stereocenters. The molecule has 102 valence electrons. The largest absolute Gasteiger partial charge is 0.507 e. The predicted molar refractivity (Wildman–Crippen MR) is 70.0 cm³/mol. The fourth-order valence-electron chi connectivity index (χ4n) is 1.96. The summed E-state index contributed by atoms with van der Waals surface area (Å²) in [4.78, 5) is 0. The number of aliphatic hydroxyl groups excluding tert-OH is 1. The molecule has 1 aromatic carbocycles. The monoisotopic (exact) mass is 254 g/mol. The number of aliphatic hydroxyl groups is 2. The van der Waals surface area contributed by atoms with Crippen LogP contribution in [0.2, 0.25) is 0 Å². The van der Waals surface area contributed by atoms with Gasteiger partial charge in [0.2, 0.25) is 0 Å². The zero-order valence-electron chi connectivity index (χ0n) is 11.4. The van der Waals surface area contributed by atoms with Crippen molar-refractivity contribution in [2.24, 2.45) is 0 Å². The van der Waals surface area contributed by atoms with Gasteiger partial charge in [0.05, 0.1) is 12.2 Å². The van der Waals surface area contributed by atoms with E-state index in [1.165, 1.54) is 0 Å². The first kappa shape index (κ1) is 14.8. The zero-order chi connectivity index (χ0) is 14.1. The Kier molecular flexibility index (Phi) is 4.24. The van der Waals surface area contributed by atoms with Crippen LogP contribution in [0, 0.1) is 20.8 Å². The molecule has 4 heteroatoms. The van der Waals surface area contributed by atoms with Crippen LogP contribution in [0.25, 0.3) is 0 Å². The number of rotatable bonds is 4. The molecular weight excluding hydrogens is 232 g/mol.